The first-order chi connectivity index (χ1) is 10.0. The van der Waals surface area contributed by atoms with Gasteiger partial charge in [0.15, 0.2) is 0 Å². The fraction of sp³-hybridized carbons (Fsp3) is 0.562. The van der Waals surface area contributed by atoms with Gasteiger partial charge in [-0.25, -0.2) is 4.79 Å². The lowest BCUT2D eigenvalue weighted by molar-refractivity contribution is -0.219. The molecule has 0 aliphatic carbocycles. The molecule has 0 heterocycles. The summed E-state index contributed by atoms with van der Waals surface area (Å²) in [5.74, 6) is -1.30. The Morgan fingerprint density at radius 1 is 1.14 bits per heavy atom. The highest BCUT2D eigenvalue weighted by Gasteiger charge is 2.61. The number of likely N-dealkylation sites (N-methyl/N-ethyl adjacent to an activating group) is 1. The Hall–Kier alpha value is -1.56. The SMILES string of the molecule is CNC(CC(C)(C)C)(C(=O)OCc1ccccc1)C(F)(F)F. The van der Waals surface area contributed by atoms with E-state index < -0.39 is 29.5 Å². The summed E-state index contributed by atoms with van der Waals surface area (Å²) in [7, 11) is 1.13. The van der Waals surface area contributed by atoms with Crippen LogP contribution in [0.1, 0.15) is 32.8 Å². The minimum Gasteiger partial charge on any atom is -0.459 e. The van der Waals surface area contributed by atoms with Crippen LogP contribution in [-0.2, 0) is 16.1 Å². The Bertz CT molecular complexity index is 494. The molecule has 1 atom stereocenters. The molecule has 0 aliphatic heterocycles. The van der Waals surface area contributed by atoms with Crippen LogP contribution in [0.3, 0.4) is 0 Å². The summed E-state index contributed by atoms with van der Waals surface area (Å²) in [5, 5.41) is 2.15. The second-order valence-corrected chi connectivity index (χ2v) is 6.45. The highest BCUT2D eigenvalue weighted by atomic mass is 19.4. The van der Waals surface area contributed by atoms with Crippen molar-refractivity contribution >= 4 is 5.97 Å². The molecule has 1 aromatic rings. The third-order valence-electron chi connectivity index (χ3n) is 3.27. The normalized spacial score (nSPS) is 15.2. The topological polar surface area (TPSA) is 38.3 Å². The fourth-order valence-electron chi connectivity index (χ4n) is 2.26. The van der Waals surface area contributed by atoms with Gasteiger partial charge >= 0.3 is 12.1 Å². The van der Waals surface area contributed by atoms with Crippen LogP contribution in [0.4, 0.5) is 13.2 Å². The first kappa shape index (κ1) is 18.5. The predicted molar refractivity (Wildman–Crippen MR) is 78.2 cm³/mol. The Morgan fingerprint density at radius 3 is 2.09 bits per heavy atom. The van der Waals surface area contributed by atoms with Crippen molar-refractivity contribution in [1.29, 1.82) is 0 Å². The van der Waals surface area contributed by atoms with Crippen molar-refractivity contribution in [2.75, 3.05) is 7.05 Å². The van der Waals surface area contributed by atoms with Gasteiger partial charge < -0.3 is 4.74 Å². The molecule has 0 radical (unpaired) electrons. The average Bonchev–Trinajstić information content (AvgIpc) is 2.41. The van der Waals surface area contributed by atoms with Crippen molar-refractivity contribution < 1.29 is 22.7 Å². The van der Waals surface area contributed by atoms with Gasteiger partial charge in [0.25, 0.3) is 0 Å². The number of esters is 1. The zero-order valence-corrected chi connectivity index (χ0v) is 13.3. The van der Waals surface area contributed by atoms with Crippen molar-refractivity contribution in [2.45, 2.75) is 45.5 Å². The zero-order valence-electron chi connectivity index (χ0n) is 13.3. The van der Waals surface area contributed by atoms with Gasteiger partial charge in [-0.15, -0.1) is 0 Å². The number of hydrogen-bond acceptors (Lipinski definition) is 3. The largest absolute Gasteiger partial charge is 0.459 e. The maximum atomic E-state index is 13.5. The lowest BCUT2D eigenvalue weighted by Crippen LogP contribution is -2.63. The zero-order chi connectivity index (χ0) is 17.0. The van der Waals surface area contributed by atoms with Gasteiger partial charge in [-0.3, -0.25) is 5.32 Å². The smallest absolute Gasteiger partial charge is 0.417 e. The highest BCUT2D eigenvalue weighted by Crippen LogP contribution is 2.40. The molecule has 0 spiro atoms. The van der Waals surface area contributed by atoms with Crippen LogP contribution >= 0.6 is 0 Å². The second-order valence-electron chi connectivity index (χ2n) is 6.45. The van der Waals surface area contributed by atoms with Crippen LogP contribution in [0, 0.1) is 5.41 Å². The summed E-state index contributed by atoms with van der Waals surface area (Å²) in [6.45, 7) is 4.75. The van der Waals surface area contributed by atoms with Gasteiger partial charge in [0.05, 0.1) is 0 Å². The van der Waals surface area contributed by atoms with E-state index in [0.717, 1.165) is 7.05 Å². The molecule has 3 nitrogen and oxygen atoms in total. The van der Waals surface area contributed by atoms with Gasteiger partial charge in [0.2, 0.25) is 5.54 Å². The number of carbonyl (C=O) groups is 1. The van der Waals surface area contributed by atoms with Gasteiger partial charge in [-0.1, -0.05) is 51.1 Å². The number of nitrogens with one attached hydrogen (secondary N) is 1. The average molecular weight is 317 g/mol. The molecule has 0 saturated carbocycles. The molecule has 0 aromatic heterocycles. The quantitative estimate of drug-likeness (QED) is 0.842. The van der Waals surface area contributed by atoms with Crippen LogP contribution in [0.2, 0.25) is 0 Å². The molecule has 1 aromatic carbocycles. The van der Waals surface area contributed by atoms with E-state index in [1.165, 1.54) is 0 Å². The number of ether oxygens (including phenoxy) is 1. The molecule has 22 heavy (non-hydrogen) atoms. The standard InChI is InChI=1S/C16H22F3NO2/c1-14(2,3)11-15(20-4,16(17,18)19)13(21)22-10-12-8-6-5-7-9-12/h5-9,20H,10-11H2,1-4H3. The van der Waals surface area contributed by atoms with E-state index in [2.05, 4.69) is 5.32 Å². The summed E-state index contributed by atoms with van der Waals surface area (Å²) in [6, 6.07) is 8.61. The molecule has 1 rings (SSSR count). The van der Waals surface area contributed by atoms with E-state index in [1.807, 2.05) is 0 Å². The summed E-state index contributed by atoms with van der Waals surface area (Å²) >= 11 is 0. The van der Waals surface area contributed by atoms with Crippen molar-refractivity contribution in [3.8, 4) is 0 Å². The number of halogens is 3. The summed E-state index contributed by atoms with van der Waals surface area (Å²) in [4.78, 5) is 12.2. The Labute approximate surface area is 128 Å². The molecule has 0 bridgehead atoms. The Kier molecular flexibility index (Phi) is 5.62. The van der Waals surface area contributed by atoms with Gasteiger partial charge in [0, 0.05) is 0 Å². The third kappa shape index (κ3) is 4.47. The van der Waals surface area contributed by atoms with Crippen molar-refractivity contribution in [3.63, 3.8) is 0 Å². The molecule has 124 valence electrons. The first-order valence-electron chi connectivity index (χ1n) is 6.99. The van der Waals surface area contributed by atoms with Gasteiger partial charge in [0.1, 0.15) is 6.61 Å². The summed E-state index contributed by atoms with van der Waals surface area (Å²) < 4.78 is 45.5. The predicted octanol–water partition coefficient (Wildman–Crippen LogP) is 3.69. The van der Waals surface area contributed by atoms with Crippen LogP contribution in [0.5, 0.6) is 0 Å². The van der Waals surface area contributed by atoms with E-state index in [-0.39, 0.29) is 6.61 Å². The lowest BCUT2D eigenvalue weighted by Gasteiger charge is -2.37. The molecule has 0 amide bonds. The fourth-order valence-corrected chi connectivity index (χ4v) is 2.26. The minimum absolute atomic E-state index is 0.191. The molecular formula is C16H22F3NO2. The van der Waals surface area contributed by atoms with E-state index in [4.69, 9.17) is 4.74 Å². The van der Waals surface area contributed by atoms with Crippen LogP contribution < -0.4 is 5.32 Å². The molecule has 0 saturated heterocycles. The first-order valence-corrected chi connectivity index (χ1v) is 6.99. The molecule has 1 N–H and O–H groups in total. The molecular weight excluding hydrogens is 295 g/mol. The molecule has 0 aliphatic rings. The van der Waals surface area contributed by atoms with E-state index in [9.17, 15) is 18.0 Å². The van der Waals surface area contributed by atoms with Crippen LogP contribution in [0.15, 0.2) is 30.3 Å². The molecule has 6 heteroatoms. The van der Waals surface area contributed by atoms with Crippen LogP contribution in [0.25, 0.3) is 0 Å². The third-order valence-corrected chi connectivity index (χ3v) is 3.27. The van der Waals surface area contributed by atoms with Crippen molar-refractivity contribution in [2.24, 2.45) is 5.41 Å². The molecule has 0 fully saturated rings. The van der Waals surface area contributed by atoms with E-state index >= 15 is 0 Å². The van der Waals surface area contributed by atoms with E-state index in [0.29, 0.717) is 5.56 Å². The van der Waals surface area contributed by atoms with Gasteiger partial charge in [-0.2, -0.15) is 13.2 Å². The summed E-state index contributed by atoms with van der Waals surface area (Å²) in [6.07, 6.45) is -5.16. The number of rotatable bonds is 5. The Morgan fingerprint density at radius 2 is 1.68 bits per heavy atom. The lowest BCUT2D eigenvalue weighted by atomic mass is 9.79. The van der Waals surface area contributed by atoms with Crippen molar-refractivity contribution in [3.05, 3.63) is 35.9 Å². The maximum Gasteiger partial charge on any atom is 0.417 e. The monoisotopic (exact) mass is 317 g/mol. The second kappa shape index (κ2) is 6.69. The molecule has 1 unspecified atom stereocenters. The van der Waals surface area contributed by atoms with Crippen LogP contribution in [-0.4, -0.2) is 24.7 Å². The Balaban J connectivity index is 2.98. The number of carbonyl (C=O) groups excluding carboxylic acids is 1. The highest BCUT2D eigenvalue weighted by molar-refractivity contribution is 5.82. The minimum atomic E-state index is -4.75. The van der Waals surface area contributed by atoms with Crippen molar-refractivity contribution in [1.82, 2.24) is 5.32 Å². The maximum absolute atomic E-state index is 13.5. The summed E-state index contributed by atoms with van der Waals surface area (Å²) in [5.41, 5.74) is -2.77. The number of benzene rings is 1. The van der Waals surface area contributed by atoms with E-state index in [1.54, 1.807) is 51.1 Å². The number of alkyl halides is 3. The van der Waals surface area contributed by atoms with Gasteiger partial charge in [-0.05, 0) is 24.4 Å². The number of hydrogen-bond donors (Lipinski definition) is 1.